The number of carboxylic acid groups (broad SMARTS) is 2. The van der Waals surface area contributed by atoms with Crippen LogP contribution in [0.25, 0.3) is 21.3 Å². The minimum Gasteiger partial charge on any atom is -0.491 e. The van der Waals surface area contributed by atoms with Crippen molar-refractivity contribution in [2.45, 2.75) is 128 Å². The molecular formula is C71H79N9O20S. The van der Waals surface area contributed by atoms with E-state index in [0.29, 0.717) is 60.1 Å². The van der Waals surface area contributed by atoms with E-state index in [-0.39, 0.29) is 103 Å². The van der Waals surface area contributed by atoms with Crippen LogP contribution in [0.5, 0.6) is 11.5 Å². The number of amides is 5. The van der Waals surface area contributed by atoms with Gasteiger partial charge in [0.05, 0.1) is 54.5 Å². The largest absolute Gasteiger partial charge is 0.491 e. The number of carboxylic acids is 2. The second-order valence-electron chi connectivity index (χ2n) is 28.0. The van der Waals surface area contributed by atoms with Crippen LogP contribution in [0.15, 0.2) is 91.1 Å². The summed E-state index contributed by atoms with van der Waals surface area (Å²) in [5.41, 5.74) is 4.29. The standard InChI is InChI=1S/C71H79N9O20S/c1-40-47(45-13-14-52(75-56(45)62(90)91)78-20-17-41-7-6-8-46(48(41)29-78)61(89)76-65-74-49-9-4-5-10-51(49)101-65)28-73-80(40)39-69-34-67(2)33-68(3)35-70(36-69,38-71(67,68)37-69)98-24-22-77(21-18-43(82)31-81)66(94)97-32-42-11-12-44(99-64-59(88)57(86)58(87)60(100-64)63(92)93)27-50(42)96-26-25-95-23-19-72-53(83)30-79-54(84)15-16-55(79)85/h4-16,27-28,43,57,59-60,64,81-82,86,88H,17-26,29-39H2,1-3H3,(H,72,83)(H,90,91)(H,92,93)(H,74,76,89)/t43-,57-,59+,60-,64+,67?,68?,69?,70?,71?/m0/s1. The van der Waals surface area contributed by atoms with Gasteiger partial charge in [0.15, 0.2) is 10.8 Å². The summed E-state index contributed by atoms with van der Waals surface area (Å²) in [5, 5.41) is 72.7. The molecule has 3 aliphatic heterocycles. The van der Waals surface area contributed by atoms with Gasteiger partial charge in [-0.25, -0.2) is 24.4 Å². The topological polar surface area (TPSA) is 391 Å². The fourth-order valence-corrected chi connectivity index (χ4v) is 18.1. The second kappa shape index (κ2) is 27.9. The molecule has 3 aromatic heterocycles. The monoisotopic (exact) mass is 1410 g/mol. The van der Waals surface area contributed by atoms with Crippen molar-refractivity contribution in [2.75, 3.05) is 76.0 Å². The molecule has 101 heavy (non-hydrogen) atoms. The number of Topliss-reactive ketones (excluding diaryl/α,β-unsaturated/α-hetero) is 1. The highest BCUT2D eigenvalue weighted by atomic mass is 32.1. The van der Waals surface area contributed by atoms with Crippen LogP contribution in [-0.2, 0) is 69.0 Å². The van der Waals surface area contributed by atoms with E-state index in [1.165, 1.54) is 34.4 Å². The van der Waals surface area contributed by atoms with Crippen LogP contribution in [0.2, 0.25) is 0 Å². The number of benzene rings is 3. The number of carbonyl (C=O) groups is 8. The number of thiazole rings is 1. The summed E-state index contributed by atoms with van der Waals surface area (Å²) >= 11 is 1.40. The summed E-state index contributed by atoms with van der Waals surface area (Å²) in [4.78, 5) is 115. The molecule has 0 radical (unpaired) electrons. The third-order valence-corrected chi connectivity index (χ3v) is 22.4. The number of ether oxygens (including phenoxy) is 6. The number of nitrogens with one attached hydrogen (secondary N) is 2. The van der Waals surface area contributed by atoms with Crippen molar-refractivity contribution in [2.24, 2.45) is 21.7 Å². The lowest BCUT2D eigenvalue weighted by Gasteiger charge is -2.64. The average molecular weight is 1410 g/mol. The van der Waals surface area contributed by atoms with Crippen molar-refractivity contribution in [3.05, 3.63) is 125 Å². The number of aliphatic hydroxyl groups excluding tert-OH is 4. The fraction of sp³-hybridized carbons (Fsp3) is 0.479. The van der Waals surface area contributed by atoms with Gasteiger partial charge in [-0.3, -0.25) is 38.9 Å². The van der Waals surface area contributed by atoms with Crippen LogP contribution in [0.3, 0.4) is 0 Å². The summed E-state index contributed by atoms with van der Waals surface area (Å²) in [6.45, 7) is 6.63. The van der Waals surface area contributed by atoms with Gasteiger partial charge in [-0.2, -0.15) is 5.10 Å². The number of aromatic carboxylic acids is 1. The first-order valence-corrected chi connectivity index (χ1v) is 34.4. The van der Waals surface area contributed by atoms with E-state index in [1.807, 2.05) is 59.0 Å². The molecule has 6 aromatic rings. The zero-order valence-corrected chi connectivity index (χ0v) is 56.7. The molecule has 5 fully saturated rings. The Hall–Kier alpha value is -9.27. The van der Waals surface area contributed by atoms with Gasteiger partial charge in [0.25, 0.3) is 17.7 Å². The fourth-order valence-electron chi connectivity index (χ4n) is 17.3. The number of aliphatic hydroxyl groups is 4. The molecule has 3 bridgehead atoms. The van der Waals surface area contributed by atoms with Crippen molar-refractivity contribution in [3.8, 4) is 22.6 Å². The normalized spacial score (nSPS) is 26.3. The lowest BCUT2D eigenvalue weighted by molar-refractivity contribution is -0.229. The van der Waals surface area contributed by atoms with Crippen molar-refractivity contribution < 1.29 is 97.4 Å². The van der Waals surface area contributed by atoms with Gasteiger partial charge in [0.2, 0.25) is 24.1 Å². The van der Waals surface area contributed by atoms with E-state index >= 15 is 0 Å². The smallest absolute Gasteiger partial charge is 0.410 e. The summed E-state index contributed by atoms with van der Waals surface area (Å²) in [6.07, 6.45) is -0.364. The Kier molecular flexibility index (Phi) is 19.4. The summed E-state index contributed by atoms with van der Waals surface area (Å²) in [5.74, 6) is -5.83. The highest BCUT2D eigenvalue weighted by Crippen LogP contribution is 2.89. The maximum Gasteiger partial charge on any atom is 0.410 e. The quantitative estimate of drug-likeness (QED) is 0.0177. The van der Waals surface area contributed by atoms with E-state index in [0.717, 1.165) is 76.2 Å². The molecule has 13 rings (SSSR count). The third-order valence-electron chi connectivity index (χ3n) is 21.4. The number of aliphatic carboxylic acids is 1. The van der Waals surface area contributed by atoms with Crippen LogP contribution in [0, 0.1) is 28.6 Å². The number of nitrogens with zero attached hydrogens (tertiary/aromatic N) is 7. The average Bonchev–Trinajstić information content (AvgIpc) is 1.46. The zero-order chi connectivity index (χ0) is 71.3. The number of imide groups is 1. The Labute approximate surface area is 582 Å². The van der Waals surface area contributed by atoms with Gasteiger partial charge in [-0.15, -0.1) is 0 Å². The molecule has 30 heteroatoms. The number of rotatable bonds is 29. The number of ketones is 1. The molecule has 3 aromatic carbocycles. The van der Waals surface area contributed by atoms with Crippen LogP contribution >= 0.6 is 11.3 Å². The molecule has 4 saturated carbocycles. The number of pyridine rings is 1. The molecule has 1 spiro atoms. The van der Waals surface area contributed by atoms with Crippen LogP contribution < -0.4 is 25.0 Å². The molecule has 5 unspecified atom stereocenters. The molecule has 4 aliphatic carbocycles. The number of para-hydroxylation sites is 1. The Morgan fingerprint density at radius 1 is 0.861 bits per heavy atom. The van der Waals surface area contributed by atoms with Gasteiger partial charge in [-0.05, 0) is 134 Å². The second-order valence-corrected chi connectivity index (χ2v) is 29.1. The van der Waals surface area contributed by atoms with Crippen molar-refractivity contribution >= 4 is 79.9 Å². The van der Waals surface area contributed by atoms with Crippen LogP contribution in [0.1, 0.15) is 102 Å². The van der Waals surface area contributed by atoms with Crippen molar-refractivity contribution in [1.29, 1.82) is 0 Å². The number of carbonyl (C=O) groups excluding carboxylic acids is 6. The lowest BCUT2D eigenvalue weighted by Crippen LogP contribution is -2.59. The van der Waals surface area contributed by atoms with E-state index in [9.17, 15) is 69.0 Å². The number of fused-ring (bicyclic) bond motifs is 4. The van der Waals surface area contributed by atoms with Gasteiger partial charge < -0.3 is 74.2 Å². The van der Waals surface area contributed by atoms with Crippen LogP contribution in [0.4, 0.5) is 15.7 Å². The van der Waals surface area contributed by atoms with E-state index in [1.54, 1.807) is 18.3 Å². The first-order chi connectivity index (χ1) is 48.3. The van der Waals surface area contributed by atoms with E-state index < -0.39 is 97.6 Å². The molecule has 5 amide bonds. The SMILES string of the molecule is Cc1c(-c2ccc(N3CCc4cccc(C(=O)Nc5nc6ccccc6s5)c4C3)nc2C(=O)O)cnn1CC12CC3(OCCN(CC[C@H](O)CO)C(=O)OCc4ccc(O[C@@H]5O[C@H](C(=O)O)C(=O)[C@H](O)[C@H]5O)cc4OCCOCCNC(=O)CN4C(=O)C=CC4=O)CC4(C)CC(C)(C1)C4(C2)C3. The minimum atomic E-state index is -2.15. The molecule has 29 nitrogen and oxygen atoms in total. The number of hydrogen-bond donors (Lipinski definition) is 8. The van der Waals surface area contributed by atoms with Gasteiger partial charge in [-0.1, -0.05) is 49.4 Å². The minimum absolute atomic E-state index is 0.000679. The number of anilines is 2. The number of hydrogen-bond acceptors (Lipinski definition) is 23. The molecule has 7 aliphatic rings. The highest BCUT2D eigenvalue weighted by Gasteiger charge is 2.84. The molecule has 6 heterocycles. The van der Waals surface area contributed by atoms with Gasteiger partial charge in [0.1, 0.15) is 49.3 Å². The number of aromatic nitrogens is 4. The Morgan fingerprint density at radius 3 is 2.43 bits per heavy atom. The first kappa shape index (κ1) is 70.2. The first-order valence-electron chi connectivity index (χ1n) is 33.5. The summed E-state index contributed by atoms with van der Waals surface area (Å²) in [7, 11) is 0. The highest BCUT2D eigenvalue weighted by molar-refractivity contribution is 7.22. The molecule has 10 atom stereocenters. The Morgan fingerprint density at radius 2 is 1.65 bits per heavy atom. The molecule has 8 N–H and O–H groups in total. The maximum atomic E-state index is 14.3. The maximum absolute atomic E-state index is 14.3. The lowest BCUT2D eigenvalue weighted by atomic mass is 9.40. The predicted octanol–water partition coefficient (Wildman–Crippen LogP) is 4.81. The molecule has 534 valence electrons. The third kappa shape index (κ3) is 13.7. The Balaban J connectivity index is 0.670. The van der Waals surface area contributed by atoms with E-state index in [4.69, 9.17) is 38.5 Å². The Bertz CT molecular complexity index is 4260. The van der Waals surface area contributed by atoms with Crippen molar-refractivity contribution in [1.82, 2.24) is 34.9 Å². The van der Waals surface area contributed by atoms with Gasteiger partial charge in [0, 0.05) is 85.4 Å². The summed E-state index contributed by atoms with van der Waals surface area (Å²) < 4.78 is 38.7. The molecule has 1 saturated heterocycles. The molecular weight excluding hydrogens is 1330 g/mol. The summed E-state index contributed by atoms with van der Waals surface area (Å²) in [6, 6.07) is 21.1. The predicted molar refractivity (Wildman–Crippen MR) is 358 cm³/mol. The van der Waals surface area contributed by atoms with Crippen LogP contribution in [-0.4, -0.2) is 210 Å². The zero-order valence-electron chi connectivity index (χ0n) is 55.8. The van der Waals surface area contributed by atoms with Gasteiger partial charge >= 0.3 is 18.0 Å². The van der Waals surface area contributed by atoms with Crippen molar-refractivity contribution in [3.63, 3.8) is 0 Å². The van der Waals surface area contributed by atoms with E-state index in [2.05, 4.69) is 29.5 Å².